The summed E-state index contributed by atoms with van der Waals surface area (Å²) in [6.45, 7) is 7.82. The molecule has 1 unspecified atom stereocenters. The van der Waals surface area contributed by atoms with Crippen LogP contribution in [-0.4, -0.2) is 17.7 Å². The van der Waals surface area contributed by atoms with Gasteiger partial charge in [0.15, 0.2) is 0 Å². The Kier molecular flexibility index (Phi) is 11.3. The first-order valence-corrected chi connectivity index (χ1v) is 11.9. The molecule has 0 saturated heterocycles. The van der Waals surface area contributed by atoms with Crippen molar-refractivity contribution in [2.24, 2.45) is 0 Å². The molecule has 3 aromatic rings. The molecule has 1 atom stereocenters. The molecule has 0 amide bonds. The van der Waals surface area contributed by atoms with Crippen molar-refractivity contribution in [2.75, 3.05) is 0 Å². The third-order valence-electron chi connectivity index (χ3n) is 5.47. The van der Waals surface area contributed by atoms with Gasteiger partial charge < -0.3 is 14.6 Å². The van der Waals surface area contributed by atoms with E-state index in [4.69, 9.17) is 31.0 Å². The molecule has 0 bridgehead atoms. The fourth-order valence-corrected chi connectivity index (χ4v) is 3.55. The van der Waals surface area contributed by atoms with Crippen molar-refractivity contribution in [3.05, 3.63) is 99.8 Å². The van der Waals surface area contributed by atoms with Gasteiger partial charge in [-0.3, -0.25) is 4.79 Å². The van der Waals surface area contributed by atoms with Crippen LogP contribution in [0.2, 0.25) is 5.02 Å². The number of allylic oxidation sites excluding steroid dienone is 1. The average Bonchev–Trinajstić information content (AvgIpc) is 2.83. The van der Waals surface area contributed by atoms with E-state index in [2.05, 4.69) is 26.0 Å². The molecule has 6 heteroatoms. The Bertz CT molecular complexity index is 1110. The van der Waals surface area contributed by atoms with Gasteiger partial charge in [0, 0.05) is 5.02 Å². The van der Waals surface area contributed by atoms with Crippen LogP contribution < -0.4 is 9.47 Å². The van der Waals surface area contributed by atoms with Gasteiger partial charge in [0.05, 0.1) is 11.7 Å². The highest BCUT2D eigenvalue weighted by atomic mass is 35.5. The summed E-state index contributed by atoms with van der Waals surface area (Å²) in [4.78, 5) is 8.36. The molecule has 0 fully saturated rings. The minimum atomic E-state index is -0.294. The SMILES string of the molecule is CCC(C)Oc1cccc(CC/C(C)=C(/Oc2ccc(Cl)cc2)c2c(C)cccc2F)c1.O=CO. The van der Waals surface area contributed by atoms with Gasteiger partial charge in [0.1, 0.15) is 23.1 Å². The van der Waals surface area contributed by atoms with Crippen LogP contribution in [0, 0.1) is 12.7 Å². The van der Waals surface area contributed by atoms with Gasteiger partial charge in [0.2, 0.25) is 0 Å². The first-order valence-electron chi connectivity index (χ1n) is 11.5. The van der Waals surface area contributed by atoms with Crippen molar-refractivity contribution in [3.63, 3.8) is 0 Å². The Labute approximate surface area is 212 Å². The van der Waals surface area contributed by atoms with Gasteiger partial charge >= 0.3 is 0 Å². The summed E-state index contributed by atoms with van der Waals surface area (Å²) in [7, 11) is 0. The second kappa shape index (κ2) is 14.2. The van der Waals surface area contributed by atoms with E-state index in [9.17, 15) is 4.39 Å². The van der Waals surface area contributed by atoms with Crippen molar-refractivity contribution in [1.82, 2.24) is 0 Å². The number of carboxylic acid groups (broad SMARTS) is 1. The van der Waals surface area contributed by atoms with E-state index in [1.54, 1.807) is 30.3 Å². The maximum atomic E-state index is 14.8. The lowest BCUT2D eigenvalue weighted by Gasteiger charge is -2.17. The predicted octanol–water partition coefficient (Wildman–Crippen LogP) is 8.11. The van der Waals surface area contributed by atoms with Crippen molar-refractivity contribution in [2.45, 2.75) is 53.1 Å². The lowest BCUT2D eigenvalue weighted by molar-refractivity contribution is -0.122. The van der Waals surface area contributed by atoms with E-state index in [1.807, 2.05) is 32.0 Å². The fraction of sp³-hybridized carbons (Fsp3) is 0.276. The van der Waals surface area contributed by atoms with Gasteiger partial charge in [-0.05, 0) is 99.2 Å². The minimum absolute atomic E-state index is 0.176. The second-order valence-corrected chi connectivity index (χ2v) is 8.62. The number of ether oxygens (including phenoxy) is 2. The van der Waals surface area contributed by atoms with Gasteiger partial charge in [-0.25, -0.2) is 4.39 Å². The number of rotatable bonds is 9. The molecule has 0 radical (unpaired) electrons. The summed E-state index contributed by atoms with van der Waals surface area (Å²) >= 11 is 6.01. The normalized spacial score (nSPS) is 12.1. The Morgan fingerprint density at radius 3 is 2.37 bits per heavy atom. The van der Waals surface area contributed by atoms with Crippen molar-refractivity contribution >= 4 is 23.8 Å². The Balaban J connectivity index is 0.00000137. The molecule has 0 aliphatic heterocycles. The molecule has 4 nitrogen and oxygen atoms in total. The Hall–Kier alpha value is -3.31. The van der Waals surface area contributed by atoms with E-state index in [0.717, 1.165) is 36.1 Å². The first kappa shape index (κ1) is 27.9. The van der Waals surface area contributed by atoms with Crippen LogP contribution in [0.25, 0.3) is 5.76 Å². The van der Waals surface area contributed by atoms with Gasteiger partial charge in [-0.15, -0.1) is 0 Å². The van der Waals surface area contributed by atoms with Crippen LogP contribution in [0.1, 0.15) is 50.3 Å². The lowest BCUT2D eigenvalue weighted by Crippen LogP contribution is -2.09. The van der Waals surface area contributed by atoms with Crippen molar-refractivity contribution < 1.29 is 23.8 Å². The monoisotopic (exact) mass is 498 g/mol. The Morgan fingerprint density at radius 1 is 1.09 bits per heavy atom. The molecule has 0 aliphatic rings. The zero-order valence-corrected chi connectivity index (χ0v) is 21.3. The highest BCUT2D eigenvalue weighted by Crippen LogP contribution is 2.31. The van der Waals surface area contributed by atoms with Crippen LogP contribution in [0.5, 0.6) is 11.5 Å². The molecule has 0 saturated carbocycles. The number of halogens is 2. The van der Waals surface area contributed by atoms with E-state index in [-0.39, 0.29) is 18.4 Å². The molecule has 0 spiro atoms. The third-order valence-corrected chi connectivity index (χ3v) is 5.72. The number of carbonyl (C=O) groups is 1. The maximum Gasteiger partial charge on any atom is 0.290 e. The largest absolute Gasteiger partial charge is 0.491 e. The summed E-state index contributed by atoms with van der Waals surface area (Å²) in [5.41, 5.74) is 3.47. The smallest absolute Gasteiger partial charge is 0.290 e. The zero-order chi connectivity index (χ0) is 25.8. The van der Waals surface area contributed by atoms with Gasteiger partial charge in [-0.1, -0.05) is 42.8 Å². The summed E-state index contributed by atoms with van der Waals surface area (Å²) < 4.78 is 27.0. The molecule has 1 N–H and O–H groups in total. The van der Waals surface area contributed by atoms with Crippen molar-refractivity contribution in [3.8, 4) is 11.5 Å². The number of hydrogen-bond donors (Lipinski definition) is 1. The average molecular weight is 499 g/mol. The van der Waals surface area contributed by atoms with E-state index in [0.29, 0.717) is 22.1 Å². The molecular weight excluding hydrogens is 467 g/mol. The molecular formula is C29H32ClFO4. The number of benzene rings is 3. The second-order valence-electron chi connectivity index (χ2n) is 8.19. The standard InChI is InChI=1S/C28H30ClFO2.CH2O2/c1-5-21(4)31-25-10-7-9-22(18-25)13-12-20(3)28(27-19(2)8-6-11-26(27)30)32-24-16-14-23(29)15-17-24;2-1-3/h6-11,14-18,21H,5,12-13H2,1-4H3;1H,(H,2,3)/b28-20+;. The minimum Gasteiger partial charge on any atom is -0.491 e. The molecule has 0 heterocycles. The third kappa shape index (κ3) is 8.76. The summed E-state index contributed by atoms with van der Waals surface area (Å²) in [6.07, 6.45) is 2.66. The number of aryl methyl sites for hydroxylation is 2. The molecule has 3 aromatic carbocycles. The highest BCUT2D eigenvalue weighted by Gasteiger charge is 2.17. The van der Waals surface area contributed by atoms with Crippen LogP contribution in [0.4, 0.5) is 4.39 Å². The van der Waals surface area contributed by atoms with Crippen LogP contribution in [-0.2, 0) is 11.2 Å². The summed E-state index contributed by atoms with van der Waals surface area (Å²) in [6, 6.07) is 20.4. The predicted molar refractivity (Wildman–Crippen MR) is 140 cm³/mol. The zero-order valence-electron chi connectivity index (χ0n) is 20.6. The van der Waals surface area contributed by atoms with E-state index in [1.165, 1.54) is 11.6 Å². The van der Waals surface area contributed by atoms with Gasteiger partial charge in [0.25, 0.3) is 6.47 Å². The van der Waals surface area contributed by atoms with E-state index < -0.39 is 0 Å². The van der Waals surface area contributed by atoms with Crippen LogP contribution >= 0.6 is 11.6 Å². The molecule has 186 valence electrons. The molecule has 35 heavy (non-hydrogen) atoms. The van der Waals surface area contributed by atoms with E-state index >= 15 is 0 Å². The number of hydrogen-bond acceptors (Lipinski definition) is 3. The summed E-state index contributed by atoms with van der Waals surface area (Å²) in [5, 5.41) is 7.51. The maximum absolute atomic E-state index is 14.8. The first-order chi connectivity index (χ1) is 16.8. The van der Waals surface area contributed by atoms with Crippen molar-refractivity contribution in [1.29, 1.82) is 0 Å². The quantitative estimate of drug-likeness (QED) is 0.239. The summed E-state index contributed by atoms with van der Waals surface area (Å²) in [5.74, 6) is 1.75. The Morgan fingerprint density at radius 2 is 1.74 bits per heavy atom. The topological polar surface area (TPSA) is 55.8 Å². The molecule has 0 aliphatic carbocycles. The fourth-order valence-electron chi connectivity index (χ4n) is 3.43. The lowest BCUT2D eigenvalue weighted by atomic mass is 9.99. The van der Waals surface area contributed by atoms with Crippen LogP contribution in [0.15, 0.2) is 72.3 Å². The highest BCUT2D eigenvalue weighted by molar-refractivity contribution is 6.30. The molecule has 3 rings (SSSR count). The van der Waals surface area contributed by atoms with Crippen LogP contribution in [0.3, 0.4) is 0 Å². The van der Waals surface area contributed by atoms with Gasteiger partial charge in [-0.2, -0.15) is 0 Å². The molecule has 0 aromatic heterocycles.